The summed E-state index contributed by atoms with van der Waals surface area (Å²) in [5.74, 6) is 0.838. The summed E-state index contributed by atoms with van der Waals surface area (Å²) in [6.45, 7) is 3.80. The van der Waals surface area contributed by atoms with E-state index in [4.69, 9.17) is 4.74 Å². The molecule has 3 heterocycles. The van der Waals surface area contributed by atoms with Crippen molar-refractivity contribution in [1.82, 2.24) is 15.1 Å². The van der Waals surface area contributed by atoms with Crippen LogP contribution < -0.4 is 4.90 Å². The Kier molecular flexibility index (Phi) is 4.05. The fraction of sp³-hybridized carbons (Fsp3) is 0.667. The molecule has 0 amide bonds. The Hall–Kier alpha value is -1.69. The van der Waals surface area contributed by atoms with E-state index in [2.05, 4.69) is 20.0 Å². The van der Waals surface area contributed by atoms with Crippen LogP contribution in [-0.4, -0.2) is 59.4 Å². The van der Waals surface area contributed by atoms with E-state index in [9.17, 15) is 4.79 Å². The van der Waals surface area contributed by atoms with Crippen LogP contribution in [0.4, 0.5) is 5.82 Å². The van der Waals surface area contributed by atoms with Gasteiger partial charge < -0.3 is 9.64 Å². The van der Waals surface area contributed by atoms with Crippen molar-refractivity contribution in [2.24, 2.45) is 0 Å². The fourth-order valence-electron chi connectivity index (χ4n) is 3.33. The van der Waals surface area contributed by atoms with Crippen molar-refractivity contribution in [1.29, 1.82) is 0 Å². The van der Waals surface area contributed by atoms with E-state index in [0.717, 1.165) is 38.2 Å². The van der Waals surface area contributed by atoms with Crippen LogP contribution in [0.5, 0.6) is 0 Å². The smallest absolute Gasteiger partial charge is 0.323 e. The molecule has 1 aromatic rings. The number of anilines is 1. The van der Waals surface area contributed by atoms with Gasteiger partial charge in [0.1, 0.15) is 12.1 Å². The third-order valence-electron chi connectivity index (χ3n) is 4.41. The lowest BCUT2D eigenvalue weighted by atomic mass is 10.1. The first-order valence-corrected chi connectivity index (χ1v) is 7.60. The second-order valence-corrected chi connectivity index (χ2v) is 6.01. The van der Waals surface area contributed by atoms with E-state index in [-0.39, 0.29) is 18.1 Å². The van der Waals surface area contributed by atoms with Gasteiger partial charge in [0.05, 0.1) is 0 Å². The molecule has 3 rings (SSSR count). The molecule has 0 aliphatic carbocycles. The largest absolute Gasteiger partial charge is 0.461 e. The molecule has 0 N–H and O–H groups in total. The second kappa shape index (κ2) is 5.97. The predicted molar refractivity (Wildman–Crippen MR) is 79.0 cm³/mol. The highest BCUT2D eigenvalue weighted by molar-refractivity contribution is 5.77. The third kappa shape index (κ3) is 3.00. The molecule has 6 nitrogen and oxygen atoms in total. The van der Waals surface area contributed by atoms with Crippen molar-refractivity contribution in [3.63, 3.8) is 0 Å². The maximum Gasteiger partial charge on any atom is 0.323 e. The number of hydrogen-bond acceptors (Lipinski definition) is 6. The van der Waals surface area contributed by atoms with Gasteiger partial charge in [-0.2, -0.15) is 5.10 Å². The van der Waals surface area contributed by atoms with Gasteiger partial charge in [0.15, 0.2) is 5.82 Å². The molecule has 6 heteroatoms. The molecular formula is C15H22N4O2. The first-order chi connectivity index (χ1) is 10.1. The zero-order chi connectivity index (χ0) is 14.8. The summed E-state index contributed by atoms with van der Waals surface area (Å²) in [5.41, 5.74) is 0. The van der Waals surface area contributed by atoms with Gasteiger partial charge in [-0.25, -0.2) is 0 Å². The number of aromatic nitrogens is 2. The first-order valence-electron chi connectivity index (χ1n) is 7.60. The monoisotopic (exact) mass is 290 g/mol. The van der Waals surface area contributed by atoms with Gasteiger partial charge in [-0.05, 0) is 38.9 Å². The number of ether oxygens (including phenoxy) is 1. The SMILES string of the molecule is C[C@@H]1C[C@@H](N(C)C[C@H]2CCCN2c2cccnn2)C(=O)O1. The summed E-state index contributed by atoms with van der Waals surface area (Å²) in [7, 11) is 2.01. The van der Waals surface area contributed by atoms with Gasteiger partial charge >= 0.3 is 5.97 Å². The Morgan fingerprint density at radius 2 is 2.38 bits per heavy atom. The number of rotatable bonds is 4. The van der Waals surface area contributed by atoms with Crippen molar-refractivity contribution in [2.45, 2.75) is 44.4 Å². The molecule has 0 unspecified atom stereocenters. The van der Waals surface area contributed by atoms with E-state index in [1.54, 1.807) is 6.20 Å². The zero-order valence-corrected chi connectivity index (χ0v) is 12.6. The van der Waals surface area contributed by atoms with E-state index in [1.165, 1.54) is 0 Å². The minimum Gasteiger partial charge on any atom is -0.461 e. The Morgan fingerprint density at radius 1 is 1.52 bits per heavy atom. The predicted octanol–water partition coefficient (Wildman–Crippen LogP) is 1.08. The summed E-state index contributed by atoms with van der Waals surface area (Å²) in [4.78, 5) is 16.3. The molecule has 0 bridgehead atoms. The summed E-state index contributed by atoms with van der Waals surface area (Å²) in [6, 6.07) is 4.19. The minimum absolute atomic E-state index is 0.0321. The Labute approximate surface area is 125 Å². The standard InChI is InChI=1S/C15H22N4O2/c1-11-9-13(15(20)21-11)18(2)10-12-5-4-8-19(12)14-6-3-7-16-17-14/h3,6-7,11-13H,4-5,8-10H2,1-2H3/t11-,12-,13-/m1/s1. The minimum atomic E-state index is -0.107. The lowest BCUT2D eigenvalue weighted by Crippen LogP contribution is -2.44. The van der Waals surface area contributed by atoms with E-state index in [1.807, 2.05) is 26.1 Å². The summed E-state index contributed by atoms with van der Waals surface area (Å²) < 4.78 is 5.25. The maximum atomic E-state index is 11.9. The molecule has 2 aliphatic heterocycles. The fourth-order valence-corrected chi connectivity index (χ4v) is 3.33. The third-order valence-corrected chi connectivity index (χ3v) is 4.41. The molecule has 0 saturated carbocycles. The molecule has 21 heavy (non-hydrogen) atoms. The molecular weight excluding hydrogens is 268 g/mol. The van der Waals surface area contributed by atoms with Crippen LogP contribution in [-0.2, 0) is 9.53 Å². The molecule has 0 aromatic carbocycles. The highest BCUT2D eigenvalue weighted by Gasteiger charge is 2.37. The van der Waals surface area contributed by atoms with Crippen LogP contribution >= 0.6 is 0 Å². The zero-order valence-electron chi connectivity index (χ0n) is 12.6. The van der Waals surface area contributed by atoms with Crippen molar-refractivity contribution < 1.29 is 9.53 Å². The van der Waals surface area contributed by atoms with Crippen LogP contribution in [0.2, 0.25) is 0 Å². The van der Waals surface area contributed by atoms with Gasteiger partial charge in [0.2, 0.25) is 0 Å². The molecule has 0 spiro atoms. The van der Waals surface area contributed by atoms with Crippen molar-refractivity contribution in [3.05, 3.63) is 18.3 Å². The second-order valence-electron chi connectivity index (χ2n) is 6.01. The lowest BCUT2D eigenvalue weighted by molar-refractivity contribution is -0.144. The average Bonchev–Trinajstić information content (AvgIpc) is 3.06. The quantitative estimate of drug-likeness (QED) is 0.774. The van der Waals surface area contributed by atoms with Crippen LogP contribution in [0.3, 0.4) is 0 Å². The summed E-state index contributed by atoms with van der Waals surface area (Å²) in [6.07, 6.45) is 4.78. The Morgan fingerprint density at radius 3 is 3.05 bits per heavy atom. The molecule has 3 atom stereocenters. The van der Waals surface area contributed by atoms with Crippen LogP contribution in [0.1, 0.15) is 26.2 Å². The van der Waals surface area contributed by atoms with Crippen molar-refractivity contribution >= 4 is 11.8 Å². The number of likely N-dealkylation sites (N-methyl/N-ethyl adjacent to an activating group) is 1. The lowest BCUT2D eigenvalue weighted by Gasteiger charge is -2.30. The molecule has 2 aliphatic rings. The van der Waals surface area contributed by atoms with Crippen LogP contribution in [0.15, 0.2) is 18.3 Å². The van der Waals surface area contributed by atoms with Gasteiger partial charge in [-0.1, -0.05) is 0 Å². The van der Waals surface area contributed by atoms with E-state index >= 15 is 0 Å². The normalized spacial score (nSPS) is 29.2. The Balaban J connectivity index is 1.65. The maximum absolute atomic E-state index is 11.9. The molecule has 1 aromatic heterocycles. The van der Waals surface area contributed by atoms with E-state index in [0.29, 0.717) is 6.04 Å². The number of esters is 1. The molecule has 114 valence electrons. The Bertz CT molecular complexity index is 496. The van der Waals surface area contributed by atoms with Crippen molar-refractivity contribution in [2.75, 3.05) is 25.0 Å². The number of nitrogens with zero attached hydrogens (tertiary/aromatic N) is 4. The van der Waals surface area contributed by atoms with Gasteiger partial charge in [0.25, 0.3) is 0 Å². The number of carbonyl (C=O) groups is 1. The number of cyclic esters (lactones) is 1. The van der Waals surface area contributed by atoms with Gasteiger partial charge in [-0.15, -0.1) is 5.10 Å². The number of hydrogen-bond donors (Lipinski definition) is 0. The topological polar surface area (TPSA) is 58.6 Å². The van der Waals surface area contributed by atoms with Gasteiger partial charge in [-0.3, -0.25) is 9.69 Å². The van der Waals surface area contributed by atoms with Gasteiger partial charge in [0, 0.05) is 31.7 Å². The molecule has 2 saturated heterocycles. The van der Waals surface area contributed by atoms with Crippen LogP contribution in [0, 0.1) is 0 Å². The average molecular weight is 290 g/mol. The highest BCUT2D eigenvalue weighted by atomic mass is 16.6. The molecule has 0 radical (unpaired) electrons. The first kappa shape index (κ1) is 14.3. The molecule has 2 fully saturated rings. The summed E-state index contributed by atoms with van der Waals surface area (Å²) >= 11 is 0. The van der Waals surface area contributed by atoms with Crippen molar-refractivity contribution in [3.8, 4) is 0 Å². The highest BCUT2D eigenvalue weighted by Crippen LogP contribution is 2.26. The number of carbonyl (C=O) groups excluding carboxylic acids is 1. The van der Waals surface area contributed by atoms with Crippen LogP contribution in [0.25, 0.3) is 0 Å². The van der Waals surface area contributed by atoms with E-state index < -0.39 is 0 Å². The summed E-state index contributed by atoms with van der Waals surface area (Å²) in [5, 5.41) is 8.17.